The molecule has 0 bridgehead atoms. The number of fused-ring (bicyclic) bond motifs is 1. The standard InChI is InChI=1S/C17H17N3O5S/c1-11(2)24-13-5-3-4-12(8-13)10-18-20-26(22,23)14-6-7-15-16(9-14)25-17(21)19-15/h3-11,20H,1-2H3,(H,19,21)/b18-10+. The third-order valence-corrected chi connectivity index (χ3v) is 4.54. The summed E-state index contributed by atoms with van der Waals surface area (Å²) in [4.78, 5) is 15.7. The molecule has 0 amide bonds. The number of benzene rings is 2. The summed E-state index contributed by atoms with van der Waals surface area (Å²) in [6.45, 7) is 3.83. The summed E-state index contributed by atoms with van der Waals surface area (Å²) in [6.07, 6.45) is 1.41. The highest BCUT2D eigenvalue weighted by molar-refractivity contribution is 7.89. The van der Waals surface area contributed by atoms with E-state index in [0.29, 0.717) is 16.8 Å². The number of hydrogen-bond donors (Lipinski definition) is 2. The smallest absolute Gasteiger partial charge is 0.417 e. The van der Waals surface area contributed by atoms with E-state index in [-0.39, 0.29) is 16.6 Å². The Balaban J connectivity index is 1.76. The average Bonchev–Trinajstić information content (AvgIpc) is 2.93. The Morgan fingerprint density at radius 3 is 2.81 bits per heavy atom. The number of H-pyrrole nitrogens is 1. The van der Waals surface area contributed by atoms with Crippen LogP contribution in [0.1, 0.15) is 19.4 Å². The lowest BCUT2D eigenvalue weighted by molar-refractivity contribution is 0.242. The molecule has 136 valence electrons. The molecule has 26 heavy (non-hydrogen) atoms. The summed E-state index contributed by atoms with van der Waals surface area (Å²) in [5, 5.41) is 3.78. The van der Waals surface area contributed by atoms with Gasteiger partial charge in [0, 0.05) is 6.07 Å². The van der Waals surface area contributed by atoms with Gasteiger partial charge in [0.2, 0.25) is 0 Å². The van der Waals surface area contributed by atoms with E-state index in [0.717, 1.165) is 0 Å². The van der Waals surface area contributed by atoms with Crippen LogP contribution in [0.2, 0.25) is 0 Å². The third-order valence-electron chi connectivity index (χ3n) is 3.32. The van der Waals surface area contributed by atoms with Gasteiger partial charge in [-0.2, -0.15) is 13.5 Å². The van der Waals surface area contributed by atoms with Crippen LogP contribution in [-0.4, -0.2) is 25.7 Å². The van der Waals surface area contributed by atoms with E-state index in [4.69, 9.17) is 9.15 Å². The van der Waals surface area contributed by atoms with E-state index >= 15 is 0 Å². The molecule has 9 heteroatoms. The van der Waals surface area contributed by atoms with Crippen molar-refractivity contribution in [3.63, 3.8) is 0 Å². The summed E-state index contributed by atoms with van der Waals surface area (Å²) >= 11 is 0. The summed E-state index contributed by atoms with van der Waals surface area (Å²) in [6, 6.07) is 11.2. The van der Waals surface area contributed by atoms with Gasteiger partial charge < -0.3 is 9.15 Å². The number of nitrogens with one attached hydrogen (secondary N) is 2. The largest absolute Gasteiger partial charge is 0.491 e. The minimum atomic E-state index is -3.90. The first-order valence-corrected chi connectivity index (χ1v) is 9.26. The molecule has 8 nitrogen and oxygen atoms in total. The molecule has 0 aliphatic carbocycles. The predicted molar refractivity (Wildman–Crippen MR) is 97.0 cm³/mol. The minimum Gasteiger partial charge on any atom is -0.491 e. The van der Waals surface area contributed by atoms with E-state index in [2.05, 4.69) is 14.9 Å². The van der Waals surface area contributed by atoms with Crippen LogP contribution in [0.15, 0.2) is 61.7 Å². The highest BCUT2D eigenvalue weighted by atomic mass is 32.2. The fourth-order valence-electron chi connectivity index (χ4n) is 2.26. The maximum Gasteiger partial charge on any atom is 0.417 e. The Labute approximate surface area is 149 Å². The molecule has 1 aromatic heterocycles. The van der Waals surface area contributed by atoms with Gasteiger partial charge in [-0.05, 0) is 43.7 Å². The van der Waals surface area contributed by atoms with Crippen molar-refractivity contribution >= 4 is 27.3 Å². The van der Waals surface area contributed by atoms with Crippen molar-refractivity contribution in [2.24, 2.45) is 5.10 Å². The van der Waals surface area contributed by atoms with Gasteiger partial charge in [0.05, 0.1) is 22.7 Å². The molecule has 0 saturated carbocycles. The van der Waals surface area contributed by atoms with Crippen LogP contribution in [0.25, 0.3) is 11.1 Å². The molecule has 3 rings (SSSR count). The number of aromatic amines is 1. The van der Waals surface area contributed by atoms with Gasteiger partial charge in [0.15, 0.2) is 5.58 Å². The van der Waals surface area contributed by atoms with Crippen LogP contribution in [0, 0.1) is 0 Å². The number of hydrazone groups is 1. The van der Waals surface area contributed by atoms with Crippen molar-refractivity contribution in [3.8, 4) is 5.75 Å². The zero-order valence-corrected chi connectivity index (χ0v) is 14.9. The van der Waals surface area contributed by atoms with E-state index in [1.807, 2.05) is 13.8 Å². The van der Waals surface area contributed by atoms with Crippen LogP contribution in [-0.2, 0) is 10.0 Å². The maximum atomic E-state index is 12.3. The highest BCUT2D eigenvalue weighted by Crippen LogP contribution is 2.17. The number of aromatic nitrogens is 1. The number of sulfonamides is 1. The molecule has 0 aliphatic heterocycles. The Morgan fingerprint density at radius 1 is 1.23 bits per heavy atom. The third kappa shape index (κ3) is 4.12. The first-order chi connectivity index (χ1) is 12.3. The van der Waals surface area contributed by atoms with Crippen LogP contribution in [0.5, 0.6) is 5.75 Å². The van der Waals surface area contributed by atoms with Crippen molar-refractivity contribution in [2.75, 3.05) is 0 Å². The van der Waals surface area contributed by atoms with E-state index in [9.17, 15) is 13.2 Å². The van der Waals surface area contributed by atoms with Crippen molar-refractivity contribution in [3.05, 3.63) is 58.6 Å². The zero-order valence-electron chi connectivity index (χ0n) is 14.1. The molecular weight excluding hydrogens is 358 g/mol. The molecule has 0 spiro atoms. The summed E-state index contributed by atoms with van der Waals surface area (Å²) in [5.74, 6) is 0.0174. The van der Waals surface area contributed by atoms with Gasteiger partial charge in [-0.1, -0.05) is 12.1 Å². The molecule has 0 unspecified atom stereocenters. The first-order valence-electron chi connectivity index (χ1n) is 7.78. The molecule has 0 saturated heterocycles. The van der Waals surface area contributed by atoms with Gasteiger partial charge in [-0.3, -0.25) is 4.98 Å². The molecule has 1 heterocycles. The summed E-state index contributed by atoms with van der Waals surface area (Å²) in [5.41, 5.74) is 1.25. The fraction of sp³-hybridized carbons (Fsp3) is 0.176. The second-order valence-electron chi connectivity index (χ2n) is 5.76. The minimum absolute atomic E-state index is 0.0316. The molecule has 0 radical (unpaired) electrons. The molecule has 2 aromatic carbocycles. The Hall–Kier alpha value is -3.07. The Kier molecular flexibility index (Phi) is 4.81. The second kappa shape index (κ2) is 7.04. The summed E-state index contributed by atoms with van der Waals surface area (Å²) in [7, 11) is -3.90. The van der Waals surface area contributed by atoms with Crippen LogP contribution >= 0.6 is 0 Å². The zero-order chi connectivity index (χ0) is 18.7. The quantitative estimate of drug-likeness (QED) is 0.506. The molecule has 0 aliphatic rings. The van der Waals surface area contributed by atoms with Gasteiger partial charge in [0.25, 0.3) is 10.0 Å². The van der Waals surface area contributed by atoms with Crippen molar-refractivity contribution < 1.29 is 17.6 Å². The lowest BCUT2D eigenvalue weighted by atomic mass is 10.2. The lowest BCUT2D eigenvalue weighted by Crippen LogP contribution is -2.18. The maximum absolute atomic E-state index is 12.3. The number of hydrogen-bond acceptors (Lipinski definition) is 6. The molecule has 3 aromatic rings. The van der Waals surface area contributed by atoms with Crippen molar-refractivity contribution in [1.82, 2.24) is 9.82 Å². The van der Waals surface area contributed by atoms with Crippen molar-refractivity contribution in [1.29, 1.82) is 0 Å². The van der Waals surface area contributed by atoms with Gasteiger partial charge >= 0.3 is 5.76 Å². The molecule has 2 N–H and O–H groups in total. The number of oxazole rings is 1. The van der Waals surface area contributed by atoms with Gasteiger partial charge in [-0.15, -0.1) is 0 Å². The van der Waals surface area contributed by atoms with E-state index in [1.54, 1.807) is 24.3 Å². The van der Waals surface area contributed by atoms with Gasteiger partial charge in [-0.25, -0.2) is 9.63 Å². The SMILES string of the molecule is CC(C)Oc1cccc(/C=N/NS(=O)(=O)c2ccc3[nH]c(=O)oc3c2)c1. The first kappa shape index (κ1) is 17.7. The molecule has 0 fully saturated rings. The molecular formula is C17H17N3O5S. The van der Waals surface area contributed by atoms with Crippen molar-refractivity contribution in [2.45, 2.75) is 24.8 Å². The Morgan fingerprint density at radius 2 is 2.04 bits per heavy atom. The normalized spacial score (nSPS) is 12.1. The van der Waals surface area contributed by atoms with E-state index in [1.165, 1.54) is 24.4 Å². The Bertz CT molecular complexity index is 1110. The van der Waals surface area contributed by atoms with Crippen LogP contribution < -0.4 is 15.3 Å². The topological polar surface area (TPSA) is 114 Å². The van der Waals surface area contributed by atoms with Crippen LogP contribution in [0.4, 0.5) is 0 Å². The summed E-state index contributed by atoms with van der Waals surface area (Å²) < 4.78 is 35.1. The monoisotopic (exact) mass is 375 g/mol. The van der Waals surface area contributed by atoms with Gasteiger partial charge in [0.1, 0.15) is 5.75 Å². The predicted octanol–water partition coefficient (Wildman–Crippen LogP) is 2.22. The molecule has 0 atom stereocenters. The highest BCUT2D eigenvalue weighted by Gasteiger charge is 2.15. The van der Waals surface area contributed by atoms with E-state index < -0.39 is 15.8 Å². The fourth-order valence-corrected chi connectivity index (χ4v) is 3.06. The average molecular weight is 375 g/mol. The lowest BCUT2D eigenvalue weighted by Gasteiger charge is -2.09. The van der Waals surface area contributed by atoms with Crippen LogP contribution in [0.3, 0.4) is 0 Å². The number of rotatable bonds is 6. The second-order valence-corrected chi connectivity index (χ2v) is 7.43. The number of ether oxygens (including phenoxy) is 1. The number of nitrogens with zero attached hydrogens (tertiary/aromatic N) is 1.